The lowest BCUT2D eigenvalue weighted by Crippen LogP contribution is -2.26. The van der Waals surface area contributed by atoms with Gasteiger partial charge in [-0.3, -0.25) is 4.57 Å². The van der Waals surface area contributed by atoms with E-state index < -0.39 is 16.1 Å². The Labute approximate surface area is 99.2 Å². The van der Waals surface area contributed by atoms with Gasteiger partial charge in [-0.15, -0.1) is 0 Å². The third-order valence-corrected chi connectivity index (χ3v) is 11.9. The molecule has 4 heteroatoms. The zero-order valence-electron chi connectivity index (χ0n) is 9.53. The normalized spacial score (nSPS) is 18.2. The van der Waals surface area contributed by atoms with Crippen molar-refractivity contribution in [3.63, 3.8) is 0 Å². The van der Waals surface area contributed by atoms with Crippen LogP contribution in [0.15, 0.2) is 30.3 Å². The molecular formula is C11H17ClOPS+. The highest BCUT2D eigenvalue weighted by Gasteiger charge is 2.51. The summed E-state index contributed by atoms with van der Waals surface area (Å²) >= 11 is 0. The Balaban J connectivity index is 3.33. The van der Waals surface area contributed by atoms with Gasteiger partial charge < -0.3 is 0 Å². The van der Waals surface area contributed by atoms with E-state index in [-0.39, 0.29) is 5.16 Å². The fraction of sp³-hybridized carbons (Fsp3) is 0.455. The Bertz CT molecular complexity index is 370. The molecule has 2 unspecified atom stereocenters. The average molecular weight is 264 g/mol. The molecule has 0 saturated carbocycles. The van der Waals surface area contributed by atoms with Crippen molar-refractivity contribution in [2.45, 2.75) is 25.9 Å². The van der Waals surface area contributed by atoms with E-state index in [0.29, 0.717) is 0 Å². The van der Waals surface area contributed by atoms with E-state index in [1.807, 2.05) is 57.4 Å². The maximum absolute atomic E-state index is 13.0. The van der Waals surface area contributed by atoms with Gasteiger partial charge in [0.15, 0.2) is 20.4 Å². The van der Waals surface area contributed by atoms with E-state index in [1.54, 1.807) is 0 Å². The van der Waals surface area contributed by atoms with Crippen LogP contribution in [-0.4, -0.2) is 11.4 Å². The lowest BCUT2D eigenvalue weighted by Gasteiger charge is -2.25. The predicted molar refractivity (Wildman–Crippen MR) is 72.6 cm³/mol. The molecule has 0 bridgehead atoms. The number of halogens is 1. The van der Waals surface area contributed by atoms with Crippen molar-refractivity contribution in [3.05, 3.63) is 30.3 Å². The van der Waals surface area contributed by atoms with Gasteiger partial charge in [-0.2, -0.15) is 0 Å². The first-order chi connectivity index (χ1) is 6.80. The second-order valence-corrected chi connectivity index (χ2v) is 13.5. The molecule has 1 rings (SSSR count). The first-order valence-corrected chi connectivity index (χ1v) is 9.56. The van der Waals surface area contributed by atoms with Crippen LogP contribution in [0.4, 0.5) is 0 Å². The molecule has 15 heavy (non-hydrogen) atoms. The third kappa shape index (κ3) is 2.43. The molecule has 0 fully saturated rings. The van der Waals surface area contributed by atoms with Crippen LogP contribution in [0.2, 0.25) is 0 Å². The summed E-state index contributed by atoms with van der Waals surface area (Å²) < 4.78 is 13.0. The average Bonchev–Trinajstić information content (AvgIpc) is 2.16. The quantitative estimate of drug-likeness (QED) is 0.586. The molecule has 84 valence electrons. The first-order valence-electron chi connectivity index (χ1n) is 4.79. The minimum atomic E-state index is -2.53. The summed E-state index contributed by atoms with van der Waals surface area (Å²) in [5.41, 5.74) is 0. The molecule has 2 atom stereocenters. The van der Waals surface area contributed by atoms with Gasteiger partial charge in [-0.1, -0.05) is 18.2 Å². The highest BCUT2D eigenvalue weighted by Crippen LogP contribution is 2.63. The van der Waals surface area contributed by atoms with Crippen LogP contribution >= 0.6 is 17.0 Å². The molecular weight excluding hydrogens is 247 g/mol. The number of benzene rings is 1. The maximum atomic E-state index is 13.0. The summed E-state index contributed by atoms with van der Waals surface area (Å²) in [7, 11) is 5.56. The molecule has 0 N–H and O–H groups in total. The summed E-state index contributed by atoms with van der Waals surface area (Å²) in [6, 6.07) is 9.59. The molecule has 0 aliphatic rings. The smallest absolute Gasteiger partial charge is 0.258 e. The summed E-state index contributed by atoms with van der Waals surface area (Å²) in [5, 5.41) is 0.604. The van der Waals surface area contributed by atoms with Gasteiger partial charge in [0.05, 0.1) is 10.5 Å². The van der Waals surface area contributed by atoms with Crippen molar-refractivity contribution in [1.82, 2.24) is 0 Å². The summed E-state index contributed by atoms with van der Waals surface area (Å²) in [6.45, 7) is 5.98. The maximum Gasteiger partial charge on any atom is 0.319 e. The van der Waals surface area contributed by atoms with Gasteiger partial charge in [0.25, 0.3) is 0 Å². The standard InChI is InChI=1S/C11H17ClOPS/c1-11(2,3)14(13,15(4)12)10-8-6-5-7-9-10/h5-9H,1-4H3/q+1. The molecule has 0 aliphatic heterocycles. The van der Waals surface area contributed by atoms with Crippen LogP contribution in [-0.2, 0) is 14.3 Å². The summed E-state index contributed by atoms with van der Waals surface area (Å²) in [4.78, 5) is 0. The largest absolute Gasteiger partial charge is 0.319 e. The van der Waals surface area contributed by atoms with Gasteiger partial charge in [-0.05, 0) is 32.9 Å². The summed E-state index contributed by atoms with van der Waals surface area (Å²) in [6.07, 6.45) is -0.686. The van der Waals surface area contributed by atoms with Crippen molar-refractivity contribution < 1.29 is 4.57 Å². The van der Waals surface area contributed by atoms with Crippen molar-refractivity contribution in [3.8, 4) is 0 Å². The Morgan fingerprint density at radius 3 is 2.00 bits per heavy atom. The lowest BCUT2D eigenvalue weighted by atomic mass is 10.3. The molecule has 1 nitrogen and oxygen atoms in total. The van der Waals surface area contributed by atoms with E-state index in [2.05, 4.69) is 0 Å². The topological polar surface area (TPSA) is 17.1 Å². The Morgan fingerprint density at radius 2 is 1.67 bits per heavy atom. The van der Waals surface area contributed by atoms with E-state index in [9.17, 15) is 4.57 Å². The highest BCUT2D eigenvalue weighted by molar-refractivity contribution is 8.67. The van der Waals surface area contributed by atoms with Gasteiger partial charge in [0.2, 0.25) is 0 Å². The highest BCUT2D eigenvalue weighted by atomic mass is 35.7. The molecule has 0 radical (unpaired) electrons. The van der Waals surface area contributed by atoms with Crippen LogP contribution in [0, 0.1) is 0 Å². The van der Waals surface area contributed by atoms with Gasteiger partial charge in [0.1, 0.15) is 6.26 Å². The molecule has 1 aromatic rings. The van der Waals surface area contributed by atoms with Crippen molar-refractivity contribution in [1.29, 1.82) is 0 Å². The fourth-order valence-corrected chi connectivity index (χ4v) is 10.00. The molecule has 0 heterocycles. The minimum Gasteiger partial charge on any atom is -0.258 e. The SMILES string of the molecule is C[S+](Cl)P(=O)(c1ccccc1)C(C)(C)C. The van der Waals surface area contributed by atoms with E-state index in [0.717, 1.165) is 5.30 Å². The van der Waals surface area contributed by atoms with Crippen molar-refractivity contribution in [2.75, 3.05) is 6.26 Å². The van der Waals surface area contributed by atoms with Crippen LogP contribution < -0.4 is 5.30 Å². The molecule has 1 aromatic carbocycles. The minimum absolute atomic E-state index is 0.284. The van der Waals surface area contributed by atoms with E-state index in [1.165, 1.54) is 0 Å². The number of hydrogen-bond acceptors (Lipinski definition) is 1. The van der Waals surface area contributed by atoms with Crippen molar-refractivity contribution in [2.24, 2.45) is 0 Å². The lowest BCUT2D eigenvalue weighted by molar-refractivity contribution is 0.568. The molecule has 0 aliphatic carbocycles. The molecule has 0 aromatic heterocycles. The first kappa shape index (κ1) is 13.2. The monoisotopic (exact) mass is 263 g/mol. The zero-order valence-corrected chi connectivity index (χ0v) is 12.0. The van der Waals surface area contributed by atoms with Gasteiger partial charge in [0, 0.05) is 0 Å². The number of rotatable bonds is 2. The second kappa shape index (κ2) is 4.53. The van der Waals surface area contributed by atoms with Crippen LogP contribution in [0.5, 0.6) is 0 Å². The third-order valence-electron chi connectivity index (χ3n) is 2.33. The van der Waals surface area contributed by atoms with Crippen LogP contribution in [0.25, 0.3) is 0 Å². The second-order valence-electron chi connectivity index (χ2n) is 4.46. The van der Waals surface area contributed by atoms with E-state index >= 15 is 0 Å². The fourth-order valence-electron chi connectivity index (χ4n) is 1.53. The van der Waals surface area contributed by atoms with E-state index in [4.69, 9.17) is 10.7 Å². The van der Waals surface area contributed by atoms with Gasteiger partial charge >= 0.3 is 6.34 Å². The Kier molecular flexibility index (Phi) is 3.97. The Morgan fingerprint density at radius 1 is 1.20 bits per heavy atom. The molecule has 0 saturated heterocycles. The van der Waals surface area contributed by atoms with Crippen LogP contribution in [0.1, 0.15) is 20.8 Å². The molecule has 0 spiro atoms. The zero-order chi connectivity index (χ0) is 11.7. The van der Waals surface area contributed by atoms with Crippen LogP contribution in [0.3, 0.4) is 0 Å². The van der Waals surface area contributed by atoms with Crippen molar-refractivity contribution >= 4 is 32.1 Å². The molecule has 0 amide bonds. The number of hydrogen-bond donors (Lipinski definition) is 0. The Hall–Kier alpha value is 0.0900. The summed E-state index contributed by atoms with van der Waals surface area (Å²) in [5.74, 6) is 0. The van der Waals surface area contributed by atoms with Gasteiger partial charge in [-0.25, -0.2) is 0 Å². The predicted octanol–water partition coefficient (Wildman–Crippen LogP) is 3.79.